The number of carbonyl (C=O) groups is 1. The molecule has 0 aliphatic heterocycles. The fourth-order valence-electron chi connectivity index (χ4n) is 1.60. The number of amides is 1. The molecule has 1 amide bonds. The first-order chi connectivity index (χ1) is 9.10. The number of hydrogen-bond donors (Lipinski definition) is 1. The molecule has 0 aromatic heterocycles. The average molecular weight is 359 g/mol. The van der Waals surface area contributed by atoms with Crippen molar-refractivity contribution in [1.29, 1.82) is 0 Å². The Labute approximate surface area is 129 Å². The monoisotopic (exact) mass is 357 g/mol. The maximum atomic E-state index is 12.1. The lowest BCUT2D eigenvalue weighted by Crippen LogP contribution is -2.12. The summed E-state index contributed by atoms with van der Waals surface area (Å²) in [6.45, 7) is 0. The molecule has 1 N–H and O–H groups in total. The lowest BCUT2D eigenvalue weighted by molar-refractivity contribution is 0.102. The second-order valence-electron chi connectivity index (χ2n) is 3.91. The molecule has 0 atom stereocenters. The third-order valence-electron chi connectivity index (χ3n) is 2.51. The highest BCUT2D eigenvalue weighted by atomic mass is 79.9. The smallest absolute Gasteiger partial charge is 0.257 e. The predicted octanol–water partition coefficient (Wildman–Crippen LogP) is 5.09. The lowest BCUT2D eigenvalue weighted by Gasteiger charge is -2.08. The van der Waals surface area contributed by atoms with Crippen molar-refractivity contribution in [2.24, 2.45) is 0 Å². The summed E-state index contributed by atoms with van der Waals surface area (Å²) in [6, 6.07) is 12.5. The quantitative estimate of drug-likeness (QED) is 0.760. The van der Waals surface area contributed by atoms with E-state index in [4.69, 9.17) is 23.2 Å². The summed E-state index contributed by atoms with van der Waals surface area (Å²) in [5.41, 5.74) is 2.06. The molecule has 0 spiro atoms. The number of nitrogens with one attached hydrogen (secondary N) is 1. The molecule has 2 nitrogen and oxygen atoms in total. The topological polar surface area (TPSA) is 29.1 Å². The van der Waals surface area contributed by atoms with Gasteiger partial charge in [0.1, 0.15) is 0 Å². The van der Waals surface area contributed by atoms with Gasteiger partial charge in [0.15, 0.2) is 0 Å². The highest BCUT2D eigenvalue weighted by Gasteiger charge is 2.11. The van der Waals surface area contributed by atoms with Crippen LogP contribution in [0, 0.1) is 0 Å². The van der Waals surface area contributed by atoms with E-state index in [9.17, 15) is 4.79 Å². The zero-order valence-corrected chi connectivity index (χ0v) is 12.9. The van der Waals surface area contributed by atoms with Gasteiger partial charge in [-0.1, -0.05) is 39.7 Å². The number of alkyl halides is 1. The number of benzene rings is 2. The number of rotatable bonds is 3. The Kier molecular flexibility index (Phi) is 4.86. The van der Waals surface area contributed by atoms with Gasteiger partial charge in [-0.2, -0.15) is 0 Å². The Morgan fingerprint density at radius 1 is 1.21 bits per heavy atom. The van der Waals surface area contributed by atoms with E-state index < -0.39 is 0 Å². The van der Waals surface area contributed by atoms with Crippen LogP contribution < -0.4 is 5.32 Å². The molecule has 0 radical (unpaired) electrons. The van der Waals surface area contributed by atoms with Crippen molar-refractivity contribution in [2.75, 3.05) is 5.32 Å². The van der Waals surface area contributed by atoms with E-state index in [0.717, 1.165) is 10.0 Å². The second kappa shape index (κ2) is 6.42. The van der Waals surface area contributed by atoms with Gasteiger partial charge in [0, 0.05) is 16.0 Å². The van der Waals surface area contributed by atoms with Crippen LogP contribution in [0.3, 0.4) is 0 Å². The molecule has 2 rings (SSSR count). The van der Waals surface area contributed by atoms with E-state index in [1.54, 1.807) is 24.3 Å². The molecule has 0 heterocycles. The van der Waals surface area contributed by atoms with Gasteiger partial charge in [0.2, 0.25) is 0 Å². The van der Waals surface area contributed by atoms with Crippen LogP contribution in [0.2, 0.25) is 5.02 Å². The number of halogens is 3. The van der Waals surface area contributed by atoms with E-state index in [1.807, 2.05) is 18.2 Å². The van der Waals surface area contributed by atoms with Crippen molar-refractivity contribution in [2.45, 2.75) is 5.88 Å². The molecule has 98 valence electrons. The molecule has 0 saturated carbocycles. The average Bonchev–Trinajstić information content (AvgIpc) is 2.41. The zero-order chi connectivity index (χ0) is 13.8. The summed E-state index contributed by atoms with van der Waals surface area (Å²) in [7, 11) is 0. The van der Waals surface area contributed by atoms with Gasteiger partial charge >= 0.3 is 0 Å². The van der Waals surface area contributed by atoms with Crippen molar-refractivity contribution in [3.8, 4) is 0 Å². The molecule has 2 aromatic rings. The third kappa shape index (κ3) is 3.72. The van der Waals surface area contributed by atoms with Gasteiger partial charge in [-0.15, -0.1) is 11.6 Å². The first-order valence-corrected chi connectivity index (χ1v) is 7.22. The van der Waals surface area contributed by atoms with Gasteiger partial charge < -0.3 is 5.32 Å². The van der Waals surface area contributed by atoms with Crippen molar-refractivity contribution < 1.29 is 4.79 Å². The highest BCUT2D eigenvalue weighted by Crippen LogP contribution is 2.22. The summed E-state index contributed by atoms with van der Waals surface area (Å²) in [4.78, 5) is 12.1. The fourth-order valence-corrected chi connectivity index (χ4v) is 2.33. The standard InChI is InChI=1S/C14H10BrCl2NO/c15-10-4-5-13(17)12(7-10)14(19)18-11-3-1-2-9(6-11)8-16/h1-7H,8H2,(H,18,19). The number of carbonyl (C=O) groups excluding carboxylic acids is 1. The largest absolute Gasteiger partial charge is 0.322 e. The Bertz CT molecular complexity index is 616. The van der Waals surface area contributed by atoms with E-state index in [0.29, 0.717) is 22.2 Å². The summed E-state index contributed by atoms with van der Waals surface area (Å²) in [5, 5.41) is 3.21. The SMILES string of the molecule is O=C(Nc1cccc(CCl)c1)c1cc(Br)ccc1Cl. The molecule has 0 aliphatic rings. The number of anilines is 1. The molecular formula is C14H10BrCl2NO. The van der Waals surface area contributed by atoms with Crippen LogP contribution in [-0.4, -0.2) is 5.91 Å². The van der Waals surface area contributed by atoms with Crippen LogP contribution >= 0.6 is 39.1 Å². The molecule has 0 aliphatic carbocycles. The molecule has 0 saturated heterocycles. The normalized spacial score (nSPS) is 10.3. The van der Waals surface area contributed by atoms with E-state index in [1.165, 1.54) is 0 Å². The van der Waals surface area contributed by atoms with Crippen molar-refractivity contribution in [3.63, 3.8) is 0 Å². The molecule has 0 fully saturated rings. The first kappa shape index (κ1) is 14.4. The van der Waals surface area contributed by atoms with E-state index in [2.05, 4.69) is 21.2 Å². The minimum absolute atomic E-state index is 0.252. The van der Waals surface area contributed by atoms with Crippen LogP contribution in [0.25, 0.3) is 0 Å². The Balaban J connectivity index is 2.23. The molecular weight excluding hydrogens is 349 g/mol. The molecule has 19 heavy (non-hydrogen) atoms. The van der Waals surface area contributed by atoms with Crippen molar-refractivity contribution in [3.05, 3.63) is 63.1 Å². The van der Waals surface area contributed by atoms with Gasteiger partial charge in [-0.05, 0) is 35.9 Å². The Hall–Kier alpha value is -1.03. The fraction of sp³-hybridized carbons (Fsp3) is 0.0714. The van der Waals surface area contributed by atoms with Crippen LogP contribution in [0.15, 0.2) is 46.9 Å². The summed E-state index contributed by atoms with van der Waals surface area (Å²) < 4.78 is 0.802. The minimum Gasteiger partial charge on any atom is -0.322 e. The summed E-state index contributed by atoms with van der Waals surface area (Å²) >= 11 is 15.1. The number of hydrogen-bond acceptors (Lipinski definition) is 1. The van der Waals surface area contributed by atoms with Gasteiger partial charge in [0.25, 0.3) is 5.91 Å². The van der Waals surface area contributed by atoms with Crippen LogP contribution in [0.5, 0.6) is 0 Å². The van der Waals surface area contributed by atoms with Crippen molar-refractivity contribution >= 4 is 50.7 Å². The van der Waals surface area contributed by atoms with Crippen molar-refractivity contribution in [1.82, 2.24) is 0 Å². The Morgan fingerprint density at radius 3 is 2.74 bits per heavy atom. The summed E-state index contributed by atoms with van der Waals surface area (Å²) in [5.74, 6) is 0.152. The predicted molar refractivity (Wildman–Crippen MR) is 83.1 cm³/mol. The molecule has 5 heteroatoms. The van der Waals surface area contributed by atoms with Gasteiger partial charge in [0.05, 0.1) is 10.6 Å². The van der Waals surface area contributed by atoms with Gasteiger partial charge in [-0.25, -0.2) is 0 Å². The highest BCUT2D eigenvalue weighted by molar-refractivity contribution is 9.10. The maximum Gasteiger partial charge on any atom is 0.257 e. The van der Waals surface area contributed by atoms with Gasteiger partial charge in [-0.3, -0.25) is 4.79 Å². The zero-order valence-electron chi connectivity index (χ0n) is 9.79. The first-order valence-electron chi connectivity index (χ1n) is 5.51. The van der Waals surface area contributed by atoms with E-state index in [-0.39, 0.29) is 5.91 Å². The second-order valence-corrected chi connectivity index (χ2v) is 5.50. The molecule has 0 unspecified atom stereocenters. The maximum absolute atomic E-state index is 12.1. The van der Waals surface area contributed by atoms with Crippen LogP contribution in [-0.2, 0) is 5.88 Å². The summed E-state index contributed by atoms with van der Waals surface area (Å²) in [6.07, 6.45) is 0. The van der Waals surface area contributed by atoms with E-state index >= 15 is 0 Å². The van der Waals surface area contributed by atoms with Crippen LogP contribution in [0.1, 0.15) is 15.9 Å². The minimum atomic E-state index is -0.252. The molecule has 2 aromatic carbocycles. The lowest BCUT2D eigenvalue weighted by atomic mass is 10.2. The Morgan fingerprint density at radius 2 is 2.00 bits per heavy atom. The third-order valence-corrected chi connectivity index (χ3v) is 3.64. The van der Waals surface area contributed by atoms with Crippen LogP contribution in [0.4, 0.5) is 5.69 Å². The molecule has 0 bridgehead atoms.